The van der Waals surface area contributed by atoms with E-state index in [9.17, 15) is 14.4 Å². The summed E-state index contributed by atoms with van der Waals surface area (Å²) in [5, 5.41) is 4.89. The molecule has 1 saturated heterocycles. The zero-order valence-corrected chi connectivity index (χ0v) is 15.3. The molecule has 1 fully saturated rings. The van der Waals surface area contributed by atoms with Crippen molar-refractivity contribution in [1.82, 2.24) is 9.80 Å². The fourth-order valence-electron chi connectivity index (χ4n) is 3.07. The molecule has 1 aliphatic rings. The first-order valence-electron chi connectivity index (χ1n) is 9.05. The van der Waals surface area contributed by atoms with Gasteiger partial charge in [-0.2, -0.15) is 0 Å². The molecule has 0 saturated carbocycles. The average Bonchev–Trinajstić information content (AvgIpc) is 2.68. The van der Waals surface area contributed by atoms with Gasteiger partial charge in [-0.25, -0.2) is 4.79 Å². The van der Waals surface area contributed by atoms with E-state index in [4.69, 9.17) is 4.74 Å². The van der Waals surface area contributed by atoms with Gasteiger partial charge in [0.05, 0.1) is 6.61 Å². The number of anilines is 1. The van der Waals surface area contributed by atoms with Gasteiger partial charge in [0.15, 0.2) is 0 Å². The average molecular weight is 369 g/mol. The van der Waals surface area contributed by atoms with Gasteiger partial charge in [-0.3, -0.25) is 9.59 Å². The molecule has 27 heavy (non-hydrogen) atoms. The van der Waals surface area contributed by atoms with Gasteiger partial charge in [0.2, 0.25) is 11.8 Å². The Morgan fingerprint density at radius 2 is 1.63 bits per heavy atom. The number of nitrogens with one attached hydrogen (secondary N) is 1. The van der Waals surface area contributed by atoms with Crippen LogP contribution >= 0.6 is 0 Å². The van der Waals surface area contributed by atoms with Crippen LogP contribution in [0, 0.1) is 0 Å². The van der Waals surface area contributed by atoms with Crippen molar-refractivity contribution in [3.8, 4) is 0 Å². The molecule has 1 N–H and O–H groups in total. The number of fused-ring (bicyclic) bond motifs is 1. The Bertz CT molecular complexity index is 844. The summed E-state index contributed by atoms with van der Waals surface area (Å²) in [5.74, 6) is -0.583. The zero-order valence-electron chi connectivity index (χ0n) is 15.3. The van der Waals surface area contributed by atoms with Crippen LogP contribution in [0.25, 0.3) is 10.8 Å². The van der Waals surface area contributed by atoms with Crippen LogP contribution in [0.3, 0.4) is 0 Å². The maximum absolute atomic E-state index is 12.3. The van der Waals surface area contributed by atoms with Gasteiger partial charge >= 0.3 is 6.09 Å². The lowest BCUT2D eigenvalue weighted by molar-refractivity contribution is -0.135. The summed E-state index contributed by atoms with van der Waals surface area (Å²) in [7, 11) is 0. The Labute approximate surface area is 157 Å². The second kappa shape index (κ2) is 8.53. The maximum atomic E-state index is 12.3. The second-order valence-corrected chi connectivity index (χ2v) is 6.35. The standard InChI is InChI=1S/C20H23N3O4/c1-2-27-20(26)23-11-9-22(10-12-23)19(25)14-18(24)21-17-8-7-15-5-3-4-6-16(15)13-17/h3-8,13H,2,9-12,14H2,1H3,(H,21,24). The number of piperazine rings is 1. The number of benzene rings is 2. The van der Waals surface area contributed by atoms with E-state index in [0.29, 0.717) is 38.5 Å². The first kappa shape index (κ1) is 18.7. The molecule has 0 bridgehead atoms. The zero-order chi connectivity index (χ0) is 19.2. The number of amides is 3. The van der Waals surface area contributed by atoms with E-state index in [-0.39, 0.29) is 24.3 Å². The summed E-state index contributed by atoms with van der Waals surface area (Å²) in [6.07, 6.45) is -0.578. The SMILES string of the molecule is CCOC(=O)N1CCN(C(=O)CC(=O)Nc2ccc3ccccc3c2)CC1. The summed E-state index contributed by atoms with van der Waals surface area (Å²) in [6.45, 7) is 3.72. The van der Waals surface area contributed by atoms with Crippen molar-refractivity contribution in [1.29, 1.82) is 0 Å². The largest absolute Gasteiger partial charge is 0.450 e. The second-order valence-electron chi connectivity index (χ2n) is 6.35. The highest BCUT2D eigenvalue weighted by Crippen LogP contribution is 2.19. The summed E-state index contributed by atoms with van der Waals surface area (Å²) in [5.41, 5.74) is 0.665. The predicted molar refractivity (Wildman–Crippen MR) is 102 cm³/mol. The van der Waals surface area contributed by atoms with Crippen LogP contribution < -0.4 is 5.32 Å². The van der Waals surface area contributed by atoms with Crippen molar-refractivity contribution in [3.63, 3.8) is 0 Å². The first-order valence-corrected chi connectivity index (χ1v) is 9.05. The predicted octanol–water partition coefficient (Wildman–Crippen LogP) is 2.47. The Morgan fingerprint density at radius 1 is 0.963 bits per heavy atom. The molecule has 7 nitrogen and oxygen atoms in total. The van der Waals surface area contributed by atoms with Crippen LogP contribution in [0.15, 0.2) is 42.5 Å². The first-order chi connectivity index (χ1) is 13.1. The minimum atomic E-state index is -0.362. The van der Waals surface area contributed by atoms with Crippen molar-refractivity contribution in [2.75, 3.05) is 38.1 Å². The molecule has 0 unspecified atom stereocenters. The maximum Gasteiger partial charge on any atom is 0.409 e. The Kier molecular flexibility index (Phi) is 5.90. The third-order valence-corrected chi connectivity index (χ3v) is 4.50. The van der Waals surface area contributed by atoms with Gasteiger partial charge in [0, 0.05) is 31.9 Å². The highest BCUT2D eigenvalue weighted by molar-refractivity contribution is 6.04. The highest BCUT2D eigenvalue weighted by atomic mass is 16.6. The number of hydrogen-bond donors (Lipinski definition) is 1. The van der Waals surface area contributed by atoms with Crippen molar-refractivity contribution in [3.05, 3.63) is 42.5 Å². The van der Waals surface area contributed by atoms with Crippen molar-refractivity contribution in [2.24, 2.45) is 0 Å². The van der Waals surface area contributed by atoms with Gasteiger partial charge in [0.1, 0.15) is 6.42 Å². The molecular weight excluding hydrogens is 346 g/mol. The van der Waals surface area contributed by atoms with Gasteiger partial charge in [-0.15, -0.1) is 0 Å². The number of rotatable bonds is 4. The number of carbonyl (C=O) groups excluding carboxylic acids is 3. The van der Waals surface area contributed by atoms with Crippen molar-refractivity contribution < 1.29 is 19.1 Å². The van der Waals surface area contributed by atoms with Crippen LogP contribution in [-0.4, -0.2) is 60.5 Å². The smallest absolute Gasteiger partial charge is 0.409 e. The molecular formula is C20H23N3O4. The minimum Gasteiger partial charge on any atom is -0.450 e. The number of nitrogens with zero attached hydrogens (tertiary/aromatic N) is 2. The van der Waals surface area contributed by atoms with E-state index in [2.05, 4.69) is 5.32 Å². The summed E-state index contributed by atoms with van der Waals surface area (Å²) >= 11 is 0. The van der Waals surface area contributed by atoms with Crippen molar-refractivity contribution in [2.45, 2.75) is 13.3 Å². The molecule has 2 aromatic rings. The molecule has 1 heterocycles. The van der Waals surface area contributed by atoms with Crippen molar-refractivity contribution >= 4 is 34.4 Å². The fourth-order valence-corrected chi connectivity index (χ4v) is 3.07. The van der Waals surface area contributed by atoms with Crippen LogP contribution in [0.2, 0.25) is 0 Å². The van der Waals surface area contributed by atoms with Gasteiger partial charge < -0.3 is 19.9 Å². The number of carbonyl (C=O) groups is 3. The van der Waals surface area contributed by atoms with Gasteiger partial charge in [0.25, 0.3) is 0 Å². The van der Waals surface area contributed by atoms with E-state index in [0.717, 1.165) is 10.8 Å². The molecule has 142 valence electrons. The molecule has 0 aliphatic carbocycles. The molecule has 3 amide bonds. The molecule has 2 aromatic carbocycles. The number of ether oxygens (including phenoxy) is 1. The topological polar surface area (TPSA) is 79.0 Å². The molecule has 0 atom stereocenters. The molecule has 7 heteroatoms. The Hall–Kier alpha value is -3.09. The van der Waals surface area contributed by atoms with E-state index < -0.39 is 0 Å². The van der Waals surface area contributed by atoms with Crippen LogP contribution in [0.1, 0.15) is 13.3 Å². The van der Waals surface area contributed by atoms with Gasteiger partial charge in [-0.05, 0) is 29.8 Å². The molecule has 0 radical (unpaired) electrons. The number of hydrogen-bond acceptors (Lipinski definition) is 4. The van der Waals surface area contributed by atoms with E-state index >= 15 is 0 Å². The lowest BCUT2D eigenvalue weighted by Gasteiger charge is -2.34. The van der Waals surface area contributed by atoms with Crippen LogP contribution in [0.4, 0.5) is 10.5 Å². The van der Waals surface area contributed by atoms with E-state index in [1.807, 2.05) is 42.5 Å². The van der Waals surface area contributed by atoms with Gasteiger partial charge in [-0.1, -0.05) is 30.3 Å². The summed E-state index contributed by atoms with van der Waals surface area (Å²) in [4.78, 5) is 39.4. The Balaban J connectivity index is 1.50. The quantitative estimate of drug-likeness (QED) is 0.840. The normalized spacial score (nSPS) is 14.1. The summed E-state index contributed by atoms with van der Waals surface area (Å²) in [6, 6.07) is 13.5. The summed E-state index contributed by atoms with van der Waals surface area (Å²) < 4.78 is 4.96. The monoisotopic (exact) mass is 369 g/mol. The van der Waals surface area contributed by atoms with Crippen LogP contribution in [0.5, 0.6) is 0 Å². The molecule has 0 aromatic heterocycles. The molecule has 3 rings (SSSR count). The third-order valence-electron chi connectivity index (χ3n) is 4.50. The lowest BCUT2D eigenvalue weighted by Crippen LogP contribution is -2.51. The fraction of sp³-hybridized carbons (Fsp3) is 0.350. The van der Waals surface area contributed by atoms with E-state index in [1.165, 1.54) is 0 Å². The van der Waals surface area contributed by atoms with Crippen LogP contribution in [-0.2, 0) is 14.3 Å². The lowest BCUT2D eigenvalue weighted by atomic mass is 10.1. The molecule has 0 spiro atoms. The van der Waals surface area contributed by atoms with E-state index in [1.54, 1.807) is 16.7 Å². The third kappa shape index (κ3) is 4.75. The molecule has 1 aliphatic heterocycles. The Morgan fingerprint density at radius 3 is 2.33 bits per heavy atom. The highest BCUT2D eigenvalue weighted by Gasteiger charge is 2.25. The minimum absolute atomic E-state index is 0.216.